The largest absolute Gasteiger partial charge is 0.383 e. The van der Waals surface area contributed by atoms with Crippen molar-refractivity contribution in [2.45, 2.75) is 72.4 Å². The Kier molecular flexibility index (Phi) is 10.7. The summed E-state index contributed by atoms with van der Waals surface area (Å²) in [4.78, 5) is 28.3. The first-order valence-corrected chi connectivity index (χ1v) is 14.6. The maximum absolute atomic E-state index is 13.3. The second kappa shape index (κ2) is 13.5. The van der Waals surface area contributed by atoms with Gasteiger partial charge < -0.3 is 16.0 Å². The molecule has 0 aromatic carbocycles. The molecule has 2 heterocycles. The molecule has 0 fully saturated rings. The quantitative estimate of drug-likeness (QED) is 0.350. The van der Waals surface area contributed by atoms with E-state index in [9.17, 15) is 4.79 Å². The second-order valence-electron chi connectivity index (χ2n) is 11.2. The number of nitrogens with one attached hydrogen (secondary N) is 1. The van der Waals surface area contributed by atoms with Crippen molar-refractivity contribution in [1.82, 2.24) is 19.8 Å². The number of aryl methyl sites for hydroxylation is 1. The van der Waals surface area contributed by atoms with E-state index in [0.29, 0.717) is 23.3 Å². The third-order valence-electron chi connectivity index (χ3n) is 7.33. The molecule has 2 aromatic rings. The fourth-order valence-electron chi connectivity index (χ4n) is 4.85. The number of thiazole rings is 1. The molecule has 3 rings (SSSR count). The highest BCUT2D eigenvalue weighted by Gasteiger charge is 2.30. The van der Waals surface area contributed by atoms with Gasteiger partial charge in [0, 0.05) is 24.4 Å². The SMILES string of the molecule is CCC(CCN(C)C)c1nc2c(s1)C=CC([C@H](C)N(CC(C)C)C(C)C(=O)Nc1cnc(N)c(C)c1)C=C2. The van der Waals surface area contributed by atoms with Crippen LogP contribution in [0.1, 0.15) is 74.5 Å². The summed E-state index contributed by atoms with van der Waals surface area (Å²) in [5, 5.41) is 4.27. The summed E-state index contributed by atoms with van der Waals surface area (Å²) in [5.74, 6) is 1.52. The van der Waals surface area contributed by atoms with E-state index in [0.717, 1.165) is 37.2 Å². The predicted molar refractivity (Wildman–Crippen MR) is 162 cm³/mol. The van der Waals surface area contributed by atoms with E-state index in [4.69, 9.17) is 10.7 Å². The zero-order valence-corrected chi connectivity index (χ0v) is 25.2. The Morgan fingerprint density at radius 1 is 1.18 bits per heavy atom. The van der Waals surface area contributed by atoms with Gasteiger partial charge in [-0.1, -0.05) is 32.9 Å². The third-order valence-corrected chi connectivity index (χ3v) is 8.53. The zero-order chi connectivity index (χ0) is 28.0. The fraction of sp³-hybridized carbons (Fsp3) is 0.567. The van der Waals surface area contributed by atoms with Gasteiger partial charge in [0.15, 0.2) is 0 Å². The highest BCUT2D eigenvalue weighted by molar-refractivity contribution is 7.12. The van der Waals surface area contributed by atoms with Gasteiger partial charge in [0.25, 0.3) is 0 Å². The average Bonchev–Trinajstić information content (AvgIpc) is 3.16. The van der Waals surface area contributed by atoms with Crippen molar-refractivity contribution in [2.24, 2.45) is 11.8 Å². The number of hydrogen-bond donors (Lipinski definition) is 2. The van der Waals surface area contributed by atoms with Gasteiger partial charge in [-0.15, -0.1) is 11.3 Å². The van der Waals surface area contributed by atoms with Gasteiger partial charge in [-0.25, -0.2) is 9.97 Å². The van der Waals surface area contributed by atoms with E-state index in [1.807, 2.05) is 31.3 Å². The van der Waals surface area contributed by atoms with Gasteiger partial charge >= 0.3 is 0 Å². The smallest absolute Gasteiger partial charge is 0.241 e. The molecule has 3 unspecified atom stereocenters. The molecule has 0 radical (unpaired) electrons. The molecule has 0 spiro atoms. The topological polar surface area (TPSA) is 87.4 Å². The van der Waals surface area contributed by atoms with E-state index in [1.165, 1.54) is 9.88 Å². The van der Waals surface area contributed by atoms with E-state index < -0.39 is 0 Å². The lowest BCUT2D eigenvalue weighted by Gasteiger charge is -2.37. The number of rotatable bonds is 12. The molecule has 4 atom stereocenters. The molecule has 1 aliphatic rings. The lowest BCUT2D eigenvalue weighted by atomic mass is 9.96. The molecule has 0 saturated heterocycles. The lowest BCUT2D eigenvalue weighted by Crippen LogP contribution is -2.50. The Labute approximate surface area is 233 Å². The average molecular weight is 539 g/mol. The number of nitrogens with two attached hydrogens (primary N) is 1. The number of carbonyl (C=O) groups is 1. The molecule has 1 aliphatic carbocycles. The number of amides is 1. The third kappa shape index (κ3) is 7.74. The van der Waals surface area contributed by atoms with E-state index in [1.54, 1.807) is 6.20 Å². The number of hydrogen-bond acceptors (Lipinski definition) is 7. The van der Waals surface area contributed by atoms with Gasteiger partial charge in [0.2, 0.25) is 5.91 Å². The summed E-state index contributed by atoms with van der Waals surface area (Å²) in [6, 6.07) is 1.69. The Morgan fingerprint density at radius 3 is 2.53 bits per heavy atom. The van der Waals surface area contributed by atoms with Crippen molar-refractivity contribution in [2.75, 3.05) is 38.2 Å². The molecular formula is C30H46N6OS. The van der Waals surface area contributed by atoms with Crippen LogP contribution < -0.4 is 11.1 Å². The molecule has 0 bridgehead atoms. The molecule has 8 heteroatoms. The van der Waals surface area contributed by atoms with Gasteiger partial charge in [-0.3, -0.25) is 9.69 Å². The van der Waals surface area contributed by atoms with Crippen LogP contribution in [0.25, 0.3) is 12.2 Å². The van der Waals surface area contributed by atoms with Crippen LogP contribution in [0.5, 0.6) is 0 Å². The normalized spacial score (nSPS) is 17.5. The van der Waals surface area contributed by atoms with Crippen molar-refractivity contribution in [3.8, 4) is 0 Å². The Morgan fingerprint density at radius 2 is 1.89 bits per heavy atom. The molecule has 1 amide bonds. The van der Waals surface area contributed by atoms with Crippen LogP contribution in [0.2, 0.25) is 0 Å². The first-order valence-electron chi connectivity index (χ1n) is 13.8. The predicted octanol–water partition coefficient (Wildman–Crippen LogP) is 5.90. The minimum atomic E-state index is -0.309. The minimum Gasteiger partial charge on any atom is -0.383 e. The molecule has 3 N–H and O–H groups in total. The number of anilines is 2. The Bertz CT molecular complexity index is 1110. The highest BCUT2D eigenvalue weighted by atomic mass is 32.1. The number of nitrogens with zero attached hydrogens (tertiary/aromatic N) is 4. The van der Waals surface area contributed by atoms with Crippen molar-refractivity contribution in [3.63, 3.8) is 0 Å². The number of pyridine rings is 1. The van der Waals surface area contributed by atoms with Crippen molar-refractivity contribution >= 4 is 40.9 Å². The van der Waals surface area contributed by atoms with Crippen LogP contribution in [-0.4, -0.2) is 64.9 Å². The van der Waals surface area contributed by atoms with Crippen molar-refractivity contribution in [1.29, 1.82) is 0 Å². The number of carbonyl (C=O) groups excluding carboxylic acids is 1. The summed E-state index contributed by atoms with van der Waals surface area (Å²) in [7, 11) is 4.25. The van der Waals surface area contributed by atoms with Crippen LogP contribution >= 0.6 is 11.3 Å². The van der Waals surface area contributed by atoms with Crippen molar-refractivity contribution in [3.05, 3.63) is 45.6 Å². The van der Waals surface area contributed by atoms with Gasteiger partial charge in [-0.2, -0.15) is 0 Å². The summed E-state index contributed by atoms with van der Waals surface area (Å²) in [6.07, 6.45) is 12.8. The van der Waals surface area contributed by atoms with E-state index >= 15 is 0 Å². The monoisotopic (exact) mass is 538 g/mol. The van der Waals surface area contributed by atoms with Gasteiger partial charge in [-0.05, 0) is 84.0 Å². The molecule has 7 nitrogen and oxygen atoms in total. The molecule has 38 heavy (non-hydrogen) atoms. The van der Waals surface area contributed by atoms with Crippen LogP contribution in [0.4, 0.5) is 11.5 Å². The molecule has 0 saturated carbocycles. The van der Waals surface area contributed by atoms with Gasteiger partial charge in [0.1, 0.15) is 5.82 Å². The maximum atomic E-state index is 13.3. The standard InChI is InChI=1S/C30H46N6OS/c1-9-23(14-15-35(7)8)30-34-26-12-10-24(11-13-27(26)38-30)21(5)36(18-19(2)3)22(6)29(37)33-25-16-20(4)28(31)32-17-25/h10-13,16-17,19,21-24H,9,14-15,18H2,1-8H3,(H2,31,32)(H,33,37)/t21-,22?,23?,24?/m0/s1. The van der Waals surface area contributed by atoms with Crippen LogP contribution in [0.15, 0.2) is 24.4 Å². The summed E-state index contributed by atoms with van der Waals surface area (Å²) < 4.78 is 0. The second-order valence-corrected chi connectivity index (χ2v) is 12.3. The summed E-state index contributed by atoms with van der Waals surface area (Å²) in [5.41, 5.74) is 8.43. The van der Waals surface area contributed by atoms with Crippen LogP contribution in [-0.2, 0) is 4.79 Å². The molecule has 208 valence electrons. The zero-order valence-electron chi connectivity index (χ0n) is 24.4. The summed E-state index contributed by atoms with van der Waals surface area (Å²) >= 11 is 1.82. The number of nitrogen functional groups attached to an aromatic ring is 1. The fourth-order valence-corrected chi connectivity index (χ4v) is 6.03. The highest BCUT2D eigenvalue weighted by Crippen LogP contribution is 2.34. The molecule has 0 aliphatic heterocycles. The maximum Gasteiger partial charge on any atom is 0.241 e. The Hall–Kier alpha value is -2.55. The number of aromatic nitrogens is 2. The van der Waals surface area contributed by atoms with E-state index in [-0.39, 0.29) is 23.9 Å². The van der Waals surface area contributed by atoms with Crippen molar-refractivity contribution < 1.29 is 4.79 Å². The molecular weight excluding hydrogens is 492 g/mol. The van der Waals surface area contributed by atoms with Gasteiger partial charge in [0.05, 0.1) is 33.5 Å². The first kappa shape index (κ1) is 30.0. The van der Waals surface area contributed by atoms with Crippen LogP contribution in [0.3, 0.4) is 0 Å². The minimum absolute atomic E-state index is 0.0428. The Balaban J connectivity index is 1.74. The van der Waals surface area contributed by atoms with Crippen LogP contribution in [0, 0.1) is 18.8 Å². The number of fused-ring (bicyclic) bond motifs is 1. The van der Waals surface area contributed by atoms with E-state index in [2.05, 4.69) is 86.2 Å². The summed E-state index contributed by atoms with van der Waals surface area (Å²) in [6.45, 7) is 14.6. The first-order chi connectivity index (χ1) is 18.0. The molecule has 2 aromatic heterocycles. The lowest BCUT2D eigenvalue weighted by molar-refractivity contribution is -0.122.